The van der Waals surface area contributed by atoms with Crippen LogP contribution in [0.5, 0.6) is 0 Å². The average Bonchev–Trinajstić information content (AvgIpc) is 2.27. The third kappa shape index (κ3) is 1.42. The first-order valence-corrected chi connectivity index (χ1v) is 4.73. The molecule has 0 amide bonds. The quantitative estimate of drug-likeness (QED) is 0.645. The fraction of sp³-hybridized carbons (Fsp3) is 0.125. The van der Waals surface area contributed by atoms with Gasteiger partial charge in [0.15, 0.2) is 0 Å². The summed E-state index contributed by atoms with van der Waals surface area (Å²) in [5.41, 5.74) is 2.31. The van der Waals surface area contributed by atoms with Crippen LogP contribution in [-0.2, 0) is 6.42 Å². The highest BCUT2D eigenvalue weighted by Crippen LogP contribution is 2.30. The molecule has 0 radical (unpaired) electrons. The van der Waals surface area contributed by atoms with Gasteiger partial charge in [0.1, 0.15) is 0 Å². The summed E-state index contributed by atoms with van der Waals surface area (Å²) in [4.78, 5) is 4.34. The minimum absolute atomic E-state index is 0.796. The van der Waals surface area contributed by atoms with Crippen LogP contribution in [0.3, 0.4) is 0 Å². The van der Waals surface area contributed by atoms with Crippen molar-refractivity contribution in [2.24, 2.45) is 4.99 Å². The van der Waals surface area contributed by atoms with Crippen molar-refractivity contribution in [2.75, 3.05) is 0 Å². The minimum Gasteiger partial charge on any atom is -0.246 e. The number of halogens is 2. The van der Waals surface area contributed by atoms with Crippen LogP contribution in [0.25, 0.3) is 0 Å². The summed E-state index contributed by atoms with van der Waals surface area (Å²) < 4.78 is 1.14. The van der Waals surface area contributed by atoms with Crippen molar-refractivity contribution >= 4 is 43.6 Å². The summed E-state index contributed by atoms with van der Waals surface area (Å²) in [5.74, 6) is 0. The molecule has 56 valence electrons. The van der Waals surface area contributed by atoms with Crippen molar-refractivity contribution in [1.29, 1.82) is 0 Å². The molecule has 0 bridgehead atoms. The minimum atomic E-state index is 0.796. The number of hydrogen-bond acceptors (Lipinski definition) is 1. The van der Waals surface area contributed by atoms with E-state index in [-0.39, 0.29) is 0 Å². The van der Waals surface area contributed by atoms with Crippen LogP contribution in [-0.4, -0.2) is 3.72 Å². The van der Waals surface area contributed by atoms with Crippen LogP contribution in [0.1, 0.15) is 5.56 Å². The summed E-state index contributed by atoms with van der Waals surface area (Å²) in [5, 5.41) is 0.796. The normalized spacial score (nSPS) is 14.5. The Morgan fingerprint density at radius 2 is 2.27 bits per heavy atom. The number of hydrogen-bond donors (Lipinski definition) is 0. The SMILES string of the molecule is Clc1ccc2c(c1)CC(I)=N2. The maximum absolute atomic E-state index is 5.82. The zero-order valence-electron chi connectivity index (χ0n) is 5.64. The lowest BCUT2D eigenvalue weighted by Gasteiger charge is -1.95. The highest BCUT2D eigenvalue weighted by atomic mass is 127. The van der Waals surface area contributed by atoms with Crippen molar-refractivity contribution in [2.45, 2.75) is 6.42 Å². The first kappa shape index (κ1) is 7.55. The van der Waals surface area contributed by atoms with Crippen LogP contribution < -0.4 is 0 Å². The molecule has 0 saturated heterocycles. The molecule has 0 N–H and O–H groups in total. The zero-order valence-corrected chi connectivity index (χ0v) is 8.56. The van der Waals surface area contributed by atoms with Crippen molar-refractivity contribution in [3.63, 3.8) is 0 Å². The molecule has 1 heterocycles. The van der Waals surface area contributed by atoms with Crippen LogP contribution in [0, 0.1) is 0 Å². The monoisotopic (exact) mass is 277 g/mol. The Morgan fingerprint density at radius 1 is 1.45 bits per heavy atom. The van der Waals surface area contributed by atoms with Gasteiger partial charge in [-0.15, -0.1) is 0 Å². The molecule has 1 nitrogen and oxygen atoms in total. The largest absolute Gasteiger partial charge is 0.246 e. The second-order valence-corrected chi connectivity index (χ2v) is 4.12. The van der Waals surface area contributed by atoms with Gasteiger partial charge < -0.3 is 0 Å². The maximum Gasteiger partial charge on any atom is 0.0835 e. The van der Waals surface area contributed by atoms with E-state index < -0.39 is 0 Å². The van der Waals surface area contributed by atoms with Gasteiger partial charge in [0.2, 0.25) is 0 Å². The fourth-order valence-corrected chi connectivity index (χ4v) is 2.00. The number of rotatable bonds is 0. The predicted molar refractivity (Wildman–Crippen MR) is 56.3 cm³/mol. The summed E-state index contributed by atoms with van der Waals surface area (Å²) in [7, 11) is 0. The average molecular weight is 277 g/mol. The van der Waals surface area contributed by atoms with Crippen molar-refractivity contribution in [3.8, 4) is 0 Å². The van der Waals surface area contributed by atoms with E-state index in [0.717, 1.165) is 20.8 Å². The first-order valence-electron chi connectivity index (χ1n) is 3.27. The Labute approximate surface area is 83.6 Å². The Hall–Kier alpha value is -0.0900. The molecule has 11 heavy (non-hydrogen) atoms. The highest BCUT2D eigenvalue weighted by Gasteiger charge is 2.11. The van der Waals surface area contributed by atoms with E-state index in [1.165, 1.54) is 5.56 Å². The number of aliphatic imine (C=N–C) groups is 1. The molecule has 1 aliphatic heterocycles. The van der Waals surface area contributed by atoms with Crippen LogP contribution in [0.15, 0.2) is 23.2 Å². The van der Waals surface area contributed by atoms with Crippen molar-refractivity contribution in [1.82, 2.24) is 0 Å². The Balaban J connectivity index is 2.52. The number of benzene rings is 1. The second-order valence-electron chi connectivity index (χ2n) is 2.44. The van der Waals surface area contributed by atoms with E-state index in [0.29, 0.717) is 0 Å². The standard InChI is InChI=1S/C8H5ClIN/c9-6-1-2-7-5(3-6)4-8(10)11-7/h1-3H,4H2. The van der Waals surface area contributed by atoms with Gasteiger partial charge in [-0.25, -0.2) is 4.99 Å². The van der Waals surface area contributed by atoms with Gasteiger partial charge in [0.25, 0.3) is 0 Å². The van der Waals surface area contributed by atoms with E-state index in [4.69, 9.17) is 11.6 Å². The summed E-state index contributed by atoms with van der Waals surface area (Å²) in [6, 6.07) is 5.81. The van der Waals surface area contributed by atoms with E-state index in [9.17, 15) is 0 Å². The summed E-state index contributed by atoms with van der Waals surface area (Å²) in [6.45, 7) is 0. The Bertz CT molecular complexity index is 333. The van der Waals surface area contributed by atoms with Crippen molar-refractivity contribution in [3.05, 3.63) is 28.8 Å². The molecule has 1 aromatic carbocycles. The van der Waals surface area contributed by atoms with Gasteiger partial charge in [-0.05, 0) is 46.4 Å². The van der Waals surface area contributed by atoms with E-state index >= 15 is 0 Å². The number of fused-ring (bicyclic) bond motifs is 1. The third-order valence-electron chi connectivity index (χ3n) is 1.62. The van der Waals surface area contributed by atoms with Gasteiger partial charge in [-0.1, -0.05) is 11.6 Å². The molecule has 0 fully saturated rings. The molecule has 0 aliphatic carbocycles. The van der Waals surface area contributed by atoms with Gasteiger partial charge in [0, 0.05) is 11.4 Å². The molecule has 2 rings (SSSR count). The smallest absolute Gasteiger partial charge is 0.0835 e. The van der Waals surface area contributed by atoms with Crippen LogP contribution in [0.4, 0.5) is 5.69 Å². The topological polar surface area (TPSA) is 12.4 Å². The fourth-order valence-electron chi connectivity index (χ4n) is 1.13. The molecule has 0 aromatic heterocycles. The van der Waals surface area contributed by atoms with Crippen LogP contribution in [0.2, 0.25) is 5.02 Å². The molecule has 3 heteroatoms. The zero-order chi connectivity index (χ0) is 7.84. The van der Waals surface area contributed by atoms with Crippen molar-refractivity contribution < 1.29 is 0 Å². The second kappa shape index (κ2) is 2.75. The molecule has 1 aromatic rings. The van der Waals surface area contributed by atoms with Gasteiger partial charge in [0.05, 0.1) is 9.41 Å². The van der Waals surface area contributed by atoms with Gasteiger partial charge in [-0.2, -0.15) is 0 Å². The lowest BCUT2D eigenvalue weighted by molar-refractivity contribution is 1.41. The molecular formula is C8H5ClIN. The third-order valence-corrected chi connectivity index (χ3v) is 2.48. The molecule has 0 spiro atoms. The summed E-state index contributed by atoms with van der Waals surface area (Å²) >= 11 is 8.06. The molecule has 0 atom stereocenters. The molecular weight excluding hydrogens is 272 g/mol. The Kier molecular flexibility index (Phi) is 1.89. The molecule has 0 unspecified atom stereocenters. The lowest BCUT2D eigenvalue weighted by Crippen LogP contribution is -1.83. The van der Waals surface area contributed by atoms with Gasteiger partial charge >= 0.3 is 0 Å². The van der Waals surface area contributed by atoms with Crippen LogP contribution >= 0.6 is 34.2 Å². The van der Waals surface area contributed by atoms with E-state index in [2.05, 4.69) is 27.6 Å². The predicted octanol–water partition coefficient (Wildman–Crippen LogP) is 3.36. The Morgan fingerprint density at radius 3 is 3.09 bits per heavy atom. The van der Waals surface area contributed by atoms with Gasteiger partial charge in [-0.3, -0.25) is 0 Å². The molecule has 0 saturated carbocycles. The summed E-state index contributed by atoms with van der Waals surface area (Å²) in [6.07, 6.45) is 0.941. The lowest BCUT2D eigenvalue weighted by atomic mass is 10.2. The highest BCUT2D eigenvalue weighted by molar-refractivity contribution is 14.1. The molecule has 1 aliphatic rings. The van der Waals surface area contributed by atoms with E-state index in [1.54, 1.807) is 0 Å². The first-order chi connectivity index (χ1) is 5.25. The maximum atomic E-state index is 5.82. The number of nitrogens with zero attached hydrogens (tertiary/aromatic N) is 1. The van der Waals surface area contributed by atoms with E-state index in [1.807, 2.05) is 18.2 Å².